The standard InChI is InChI=1S/C19H21N3O2/c1-21(2)16-8-3-6-14(12-16)19(24)20-15-7-4-9-17(13-15)22-11-5-10-18(22)23/h3-4,6-9,12-13H,5,10-11H2,1-2H3,(H,20,24). The van der Waals surface area contributed by atoms with Crippen LogP contribution in [0.15, 0.2) is 48.5 Å². The first-order valence-electron chi connectivity index (χ1n) is 8.04. The van der Waals surface area contributed by atoms with E-state index in [1.165, 1.54) is 0 Å². The van der Waals surface area contributed by atoms with Crippen molar-refractivity contribution in [2.24, 2.45) is 0 Å². The summed E-state index contributed by atoms with van der Waals surface area (Å²) in [4.78, 5) is 28.1. The lowest BCUT2D eigenvalue weighted by atomic mass is 10.1. The first-order chi connectivity index (χ1) is 11.5. The molecule has 1 aliphatic rings. The zero-order valence-corrected chi connectivity index (χ0v) is 14.0. The van der Waals surface area contributed by atoms with E-state index in [0.717, 1.165) is 24.3 Å². The van der Waals surface area contributed by atoms with Crippen molar-refractivity contribution in [1.29, 1.82) is 0 Å². The van der Waals surface area contributed by atoms with Gasteiger partial charge in [0.2, 0.25) is 5.91 Å². The monoisotopic (exact) mass is 323 g/mol. The Morgan fingerprint density at radius 3 is 2.62 bits per heavy atom. The highest BCUT2D eigenvalue weighted by molar-refractivity contribution is 6.05. The molecule has 24 heavy (non-hydrogen) atoms. The van der Waals surface area contributed by atoms with Gasteiger partial charge in [-0.15, -0.1) is 0 Å². The molecule has 5 heteroatoms. The van der Waals surface area contributed by atoms with Crippen LogP contribution in [-0.4, -0.2) is 32.5 Å². The molecule has 2 aromatic rings. The molecule has 1 heterocycles. The number of hydrogen-bond acceptors (Lipinski definition) is 3. The van der Waals surface area contributed by atoms with Gasteiger partial charge in [0.25, 0.3) is 5.91 Å². The molecule has 0 unspecified atom stereocenters. The van der Waals surface area contributed by atoms with Gasteiger partial charge in [-0.1, -0.05) is 12.1 Å². The third kappa shape index (κ3) is 3.40. The molecule has 124 valence electrons. The highest BCUT2D eigenvalue weighted by Gasteiger charge is 2.21. The maximum atomic E-state index is 12.5. The van der Waals surface area contributed by atoms with E-state index in [4.69, 9.17) is 0 Å². The van der Waals surface area contributed by atoms with Crippen molar-refractivity contribution in [2.75, 3.05) is 35.8 Å². The van der Waals surface area contributed by atoms with E-state index in [2.05, 4.69) is 5.32 Å². The van der Waals surface area contributed by atoms with Crippen molar-refractivity contribution in [3.8, 4) is 0 Å². The van der Waals surface area contributed by atoms with Crippen molar-refractivity contribution in [3.63, 3.8) is 0 Å². The number of nitrogens with one attached hydrogen (secondary N) is 1. The second-order valence-electron chi connectivity index (χ2n) is 6.10. The van der Waals surface area contributed by atoms with Gasteiger partial charge in [-0.2, -0.15) is 0 Å². The summed E-state index contributed by atoms with van der Waals surface area (Å²) in [6.07, 6.45) is 1.47. The highest BCUT2D eigenvalue weighted by atomic mass is 16.2. The summed E-state index contributed by atoms with van der Waals surface area (Å²) in [5.74, 6) is -0.0271. The van der Waals surface area contributed by atoms with Crippen LogP contribution in [0.4, 0.5) is 17.1 Å². The van der Waals surface area contributed by atoms with Gasteiger partial charge in [0, 0.05) is 49.7 Å². The molecule has 0 spiro atoms. The lowest BCUT2D eigenvalue weighted by Gasteiger charge is -2.17. The van der Waals surface area contributed by atoms with Crippen molar-refractivity contribution in [3.05, 3.63) is 54.1 Å². The molecule has 2 amide bonds. The SMILES string of the molecule is CN(C)c1cccc(C(=O)Nc2cccc(N3CCCC3=O)c2)c1. The molecule has 0 aliphatic carbocycles. The van der Waals surface area contributed by atoms with Crippen LogP contribution >= 0.6 is 0 Å². The van der Waals surface area contributed by atoms with Crippen LogP contribution in [0.1, 0.15) is 23.2 Å². The fraction of sp³-hybridized carbons (Fsp3) is 0.263. The van der Waals surface area contributed by atoms with Crippen LogP contribution in [0, 0.1) is 0 Å². The lowest BCUT2D eigenvalue weighted by Crippen LogP contribution is -2.23. The molecule has 1 saturated heterocycles. The summed E-state index contributed by atoms with van der Waals surface area (Å²) in [6, 6.07) is 14.9. The number of carbonyl (C=O) groups excluding carboxylic acids is 2. The van der Waals surface area contributed by atoms with Crippen LogP contribution < -0.4 is 15.1 Å². The Labute approximate surface area is 141 Å². The second kappa shape index (κ2) is 6.74. The second-order valence-corrected chi connectivity index (χ2v) is 6.10. The quantitative estimate of drug-likeness (QED) is 0.940. The maximum Gasteiger partial charge on any atom is 0.255 e. The van der Waals surface area contributed by atoms with Crippen molar-refractivity contribution >= 4 is 28.9 Å². The highest BCUT2D eigenvalue weighted by Crippen LogP contribution is 2.24. The number of benzene rings is 2. The van der Waals surface area contributed by atoms with E-state index < -0.39 is 0 Å². The van der Waals surface area contributed by atoms with E-state index in [1.807, 2.05) is 61.5 Å². The van der Waals surface area contributed by atoms with Gasteiger partial charge in [-0.3, -0.25) is 9.59 Å². The molecule has 2 aromatic carbocycles. The van der Waals surface area contributed by atoms with Crippen LogP contribution in [0.2, 0.25) is 0 Å². The zero-order chi connectivity index (χ0) is 17.1. The molecule has 1 aliphatic heterocycles. The molecule has 0 aromatic heterocycles. The molecule has 0 saturated carbocycles. The molecule has 0 atom stereocenters. The number of anilines is 3. The average molecular weight is 323 g/mol. The predicted octanol–water partition coefficient (Wildman–Crippen LogP) is 3.13. The van der Waals surface area contributed by atoms with Crippen molar-refractivity contribution < 1.29 is 9.59 Å². The van der Waals surface area contributed by atoms with E-state index in [0.29, 0.717) is 17.7 Å². The summed E-state index contributed by atoms with van der Waals surface area (Å²) in [5, 5.41) is 2.91. The molecule has 0 bridgehead atoms. The minimum absolute atomic E-state index is 0.136. The molecular weight excluding hydrogens is 302 g/mol. The van der Waals surface area contributed by atoms with Crippen LogP contribution in [0.3, 0.4) is 0 Å². The van der Waals surface area contributed by atoms with E-state index >= 15 is 0 Å². The Balaban J connectivity index is 1.77. The van der Waals surface area contributed by atoms with Crippen molar-refractivity contribution in [2.45, 2.75) is 12.8 Å². The van der Waals surface area contributed by atoms with Gasteiger partial charge in [-0.25, -0.2) is 0 Å². The fourth-order valence-corrected chi connectivity index (χ4v) is 2.80. The molecule has 3 rings (SSSR count). The molecule has 1 fully saturated rings. The van der Waals surface area contributed by atoms with Gasteiger partial charge < -0.3 is 15.1 Å². The largest absolute Gasteiger partial charge is 0.378 e. The Kier molecular flexibility index (Phi) is 4.51. The maximum absolute atomic E-state index is 12.5. The fourth-order valence-electron chi connectivity index (χ4n) is 2.80. The van der Waals surface area contributed by atoms with Gasteiger partial charge >= 0.3 is 0 Å². The van der Waals surface area contributed by atoms with Crippen molar-refractivity contribution in [1.82, 2.24) is 0 Å². The number of amides is 2. The Morgan fingerprint density at radius 1 is 1.12 bits per heavy atom. The summed E-state index contributed by atoms with van der Waals surface area (Å²) in [7, 11) is 3.88. The summed E-state index contributed by atoms with van der Waals surface area (Å²) in [5.41, 5.74) is 3.09. The summed E-state index contributed by atoms with van der Waals surface area (Å²) >= 11 is 0. The number of carbonyl (C=O) groups is 2. The zero-order valence-electron chi connectivity index (χ0n) is 14.0. The van der Waals surface area contributed by atoms with Crippen LogP contribution in [0.5, 0.6) is 0 Å². The normalized spacial score (nSPS) is 13.9. The number of nitrogens with zero attached hydrogens (tertiary/aromatic N) is 2. The first kappa shape index (κ1) is 16.1. The van der Waals surface area contributed by atoms with Crippen LogP contribution in [-0.2, 0) is 4.79 Å². The topological polar surface area (TPSA) is 52.7 Å². The third-order valence-corrected chi connectivity index (χ3v) is 4.11. The van der Waals surface area contributed by atoms with Gasteiger partial charge in [0.15, 0.2) is 0 Å². The van der Waals surface area contributed by atoms with Gasteiger partial charge in [-0.05, 0) is 42.8 Å². The molecule has 1 N–H and O–H groups in total. The van der Waals surface area contributed by atoms with E-state index in [9.17, 15) is 9.59 Å². The molecular formula is C19H21N3O2. The molecule has 5 nitrogen and oxygen atoms in total. The van der Waals surface area contributed by atoms with Gasteiger partial charge in [0.1, 0.15) is 0 Å². The minimum atomic E-state index is -0.163. The summed E-state index contributed by atoms with van der Waals surface area (Å²) in [6.45, 7) is 0.737. The third-order valence-electron chi connectivity index (χ3n) is 4.11. The predicted molar refractivity (Wildman–Crippen MR) is 96.8 cm³/mol. The van der Waals surface area contributed by atoms with E-state index in [-0.39, 0.29) is 11.8 Å². The van der Waals surface area contributed by atoms with Gasteiger partial charge in [0.05, 0.1) is 0 Å². The molecule has 0 radical (unpaired) electrons. The lowest BCUT2D eigenvalue weighted by molar-refractivity contribution is -0.117. The number of rotatable bonds is 4. The Hall–Kier alpha value is -2.82. The average Bonchev–Trinajstić information content (AvgIpc) is 3.01. The first-order valence-corrected chi connectivity index (χ1v) is 8.04. The summed E-state index contributed by atoms with van der Waals surface area (Å²) < 4.78 is 0. The number of hydrogen-bond donors (Lipinski definition) is 1. The van der Waals surface area contributed by atoms with E-state index in [1.54, 1.807) is 11.0 Å². The van der Waals surface area contributed by atoms with Crippen LogP contribution in [0.25, 0.3) is 0 Å². The Morgan fingerprint density at radius 2 is 1.92 bits per heavy atom. The smallest absolute Gasteiger partial charge is 0.255 e. The minimum Gasteiger partial charge on any atom is -0.378 e. The Bertz CT molecular complexity index is 771.